The first-order chi connectivity index (χ1) is 6.88. The molecule has 1 fully saturated rings. The Balaban J connectivity index is 1.88. The third-order valence-corrected chi connectivity index (χ3v) is 2.63. The molecule has 0 aromatic carbocycles. The molecule has 14 heavy (non-hydrogen) atoms. The number of nitrogens with zero attached hydrogens (tertiary/aromatic N) is 3. The van der Waals surface area contributed by atoms with Crippen molar-refractivity contribution in [2.24, 2.45) is 5.92 Å². The van der Waals surface area contributed by atoms with Crippen LogP contribution in [0.1, 0.15) is 19.3 Å². The van der Waals surface area contributed by atoms with Crippen molar-refractivity contribution >= 4 is 5.95 Å². The lowest BCUT2D eigenvalue weighted by Crippen LogP contribution is -2.17. The maximum atomic E-state index is 8.98. The molecule has 5 nitrogen and oxygen atoms in total. The minimum absolute atomic E-state index is 0.287. The molecular weight excluding hydrogens is 180 g/mol. The van der Waals surface area contributed by atoms with Crippen molar-refractivity contribution in [3.63, 3.8) is 0 Å². The molecule has 1 aliphatic carbocycles. The van der Waals surface area contributed by atoms with Gasteiger partial charge in [-0.3, -0.25) is 0 Å². The topological polar surface area (TPSA) is 70.9 Å². The molecule has 1 aliphatic rings. The first-order valence-corrected chi connectivity index (χ1v) is 4.88. The Morgan fingerprint density at radius 1 is 1.36 bits per heavy atom. The predicted octanol–water partition coefficient (Wildman–Crippen LogP) is 0.444. The van der Waals surface area contributed by atoms with Gasteiger partial charge in [-0.2, -0.15) is 0 Å². The van der Waals surface area contributed by atoms with E-state index in [1.807, 2.05) is 0 Å². The standard InChI is InChI=1S/C9H14N4O/c14-4-7-1-2-8(3-7)13-9-11-5-10-6-12-9/h5-8,14H,1-4H2,(H,10,11,12,13)/t7-,8+/m1/s1. The summed E-state index contributed by atoms with van der Waals surface area (Å²) in [6.07, 6.45) is 6.12. The number of nitrogens with one attached hydrogen (secondary N) is 1. The molecule has 1 saturated carbocycles. The molecule has 0 unspecified atom stereocenters. The lowest BCUT2D eigenvalue weighted by Gasteiger charge is -2.11. The van der Waals surface area contributed by atoms with Gasteiger partial charge in [0.1, 0.15) is 12.7 Å². The Labute approximate surface area is 82.6 Å². The van der Waals surface area contributed by atoms with E-state index >= 15 is 0 Å². The number of aliphatic hydroxyl groups excluding tert-OH is 1. The molecule has 2 rings (SSSR count). The fraction of sp³-hybridized carbons (Fsp3) is 0.667. The second-order valence-electron chi connectivity index (χ2n) is 3.66. The van der Waals surface area contributed by atoms with E-state index in [-0.39, 0.29) is 6.61 Å². The number of rotatable bonds is 3. The van der Waals surface area contributed by atoms with Crippen LogP contribution >= 0.6 is 0 Å². The van der Waals surface area contributed by atoms with Crippen LogP contribution in [0.3, 0.4) is 0 Å². The molecule has 0 bridgehead atoms. The van der Waals surface area contributed by atoms with Crippen molar-refractivity contribution in [1.82, 2.24) is 15.0 Å². The maximum Gasteiger partial charge on any atom is 0.225 e. The minimum atomic E-state index is 0.287. The van der Waals surface area contributed by atoms with Crippen LogP contribution in [-0.2, 0) is 0 Å². The number of aromatic nitrogens is 3. The zero-order valence-electron chi connectivity index (χ0n) is 7.93. The van der Waals surface area contributed by atoms with Gasteiger partial charge in [0.25, 0.3) is 0 Å². The van der Waals surface area contributed by atoms with E-state index in [0.29, 0.717) is 17.9 Å². The Kier molecular flexibility index (Phi) is 2.88. The molecule has 1 aromatic heterocycles. The van der Waals surface area contributed by atoms with Crippen LogP contribution in [0.5, 0.6) is 0 Å². The van der Waals surface area contributed by atoms with E-state index in [1.165, 1.54) is 12.7 Å². The van der Waals surface area contributed by atoms with Crippen LogP contribution in [0.25, 0.3) is 0 Å². The summed E-state index contributed by atoms with van der Waals surface area (Å²) in [5.74, 6) is 1.07. The van der Waals surface area contributed by atoms with Gasteiger partial charge in [-0.15, -0.1) is 0 Å². The SMILES string of the molecule is OC[C@@H]1CC[C@H](Nc2ncncn2)C1. The van der Waals surface area contributed by atoms with Gasteiger partial charge in [0, 0.05) is 12.6 Å². The van der Waals surface area contributed by atoms with Crippen molar-refractivity contribution in [2.75, 3.05) is 11.9 Å². The smallest absolute Gasteiger partial charge is 0.225 e. The molecule has 1 heterocycles. The zero-order chi connectivity index (χ0) is 9.80. The largest absolute Gasteiger partial charge is 0.396 e. The molecule has 5 heteroatoms. The summed E-state index contributed by atoms with van der Waals surface area (Å²) >= 11 is 0. The monoisotopic (exact) mass is 194 g/mol. The fourth-order valence-electron chi connectivity index (χ4n) is 1.87. The van der Waals surface area contributed by atoms with Gasteiger partial charge < -0.3 is 10.4 Å². The normalized spacial score (nSPS) is 26.4. The minimum Gasteiger partial charge on any atom is -0.396 e. The van der Waals surface area contributed by atoms with E-state index < -0.39 is 0 Å². The average molecular weight is 194 g/mol. The number of aliphatic hydroxyl groups is 1. The number of anilines is 1. The molecule has 2 N–H and O–H groups in total. The second kappa shape index (κ2) is 4.32. The van der Waals surface area contributed by atoms with Gasteiger partial charge in [-0.05, 0) is 25.2 Å². The summed E-state index contributed by atoms with van der Waals surface area (Å²) in [5, 5.41) is 12.2. The van der Waals surface area contributed by atoms with Gasteiger partial charge >= 0.3 is 0 Å². The van der Waals surface area contributed by atoms with E-state index in [4.69, 9.17) is 5.11 Å². The van der Waals surface area contributed by atoms with Crippen LogP contribution in [-0.4, -0.2) is 32.7 Å². The van der Waals surface area contributed by atoms with Crippen LogP contribution in [0.4, 0.5) is 5.95 Å². The Hall–Kier alpha value is -1.23. The van der Waals surface area contributed by atoms with Gasteiger partial charge in [0.2, 0.25) is 5.95 Å². The first kappa shape index (κ1) is 9.33. The molecule has 0 amide bonds. The molecule has 1 aromatic rings. The third-order valence-electron chi connectivity index (χ3n) is 2.63. The van der Waals surface area contributed by atoms with Crippen molar-refractivity contribution in [3.05, 3.63) is 12.7 Å². The second-order valence-corrected chi connectivity index (χ2v) is 3.66. The summed E-state index contributed by atoms with van der Waals surface area (Å²) in [6.45, 7) is 0.287. The summed E-state index contributed by atoms with van der Waals surface area (Å²) < 4.78 is 0. The summed E-state index contributed by atoms with van der Waals surface area (Å²) in [4.78, 5) is 11.7. The van der Waals surface area contributed by atoms with E-state index in [0.717, 1.165) is 19.3 Å². The third kappa shape index (κ3) is 2.17. The van der Waals surface area contributed by atoms with Gasteiger partial charge in [-0.1, -0.05) is 0 Å². The van der Waals surface area contributed by atoms with Crippen molar-refractivity contribution in [1.29, 1.82) is 0 Å². The van der Waals surface area contributed by atoms with Crippen molar-refractivity contribution in [3.8, 4) is 0 Å². The van der Waals surface area contributed by atoms with Crippen LogP contribution in [0, 0.1) is 5.92 Å². The van der Waals surface area contributed by atoms with Gasteiger partial charge in [-0.25, -0.2) is 15.0 Å². The highest BCUT2D eigenvalue weighted by atomic mass is 16.3. The Morgan fingerprint density at radius 2 is 2.14 bits per heavy atom. The Morgan fingerprint density at radius 3 is 2.79 bits per heavy atom. The zero-order valence-corrected chi connectivity index (χ0v) is 7.93. The van der Waals surface area contributed by atoms with E-state index in [2.05, 4.69) is 20.3 Å². The van der Waals surface area contributed by atoms with Crippen molar-refractivity contribution in [2.45, 2.75) is 25.3 Å². The molecule has 2 atom stereocenters. The van der Waals surface area contributed by atoms with E-state index in [9.17, 15) is 0 Å². The lowest BCUT2D eigenvalue weighted by atomic mass is 10.1. The average Bonchev–Trinajstić information content (AvgIpc) is 2.67. The van der Waals surface area contributed by atoms with Gasteiger partial charge in [0.15, 0.2) is 0 Å². The fourth-order valence-corrected chi connectivity index (χ4v) is 1.87. The van der Waals surface area contributed by atoms with E-state index in [1.54, 1.807) is 0 Å². The highest BCUT2D eigenvalue weighted by molar-refractivity contribution is 5.23. The number of hydrogen-bond acceptors (Lipinski definition) is 5. The van der Waals surface area contributed by atoms with Crippen LogP contribution in [0.2, 0.25) is 0 Å². The quantitative estimate of drug-likeness (QED) is 0.730. The van der Waals surface area contributed by atoms with Crippen molar-refractivity contribution < 1.29 is 5.11 Å². The number of hydrogen-bond donors (Lipinski definition) is 2. The van der Waals surface area contributed by atoms with Crippen LogP contribution < -0.4 is 5.32 Å². The highest BCUT2D eigenvalue weighted by Gasteiger charge is 2.24. The molecule has 0 radical (unpaired) electrons. The molecule has 0 saturated heterocycles. The first-order valence-electron chi connectivity index (χ1n) is 4.88. The Bertz CT molecular complexity index is 279. The molecule has 0 aliphatic heterocycles. The highest BCUT2D eigenvalue weighted by Crippen LogP contribution is 2.26. The maximum absolute atomic E-state index is 8.98. The molecule has 76 valence electrons. The summed E-state index contributed by atoms with van der Waals surface area (Å²) in [7, 11) is 0. The summed E-state index contributed by atoms with van der Waals surface area (Å²) in [5.41, 5.74) is 0. The predicted molar refractivity (Wildman–Crippen MR) is 51.7 cm³/mol. The summed E-state index contributed by atoms with van der Waals surface area (Å²) in [6, 6.07) is 0.398. The molecule has 0 spiro atoms. The lowest BCUT2D eigenvalue weighted by molar-refractivity contribution is 0.229. The molecular formula is C9H14N4O. The van der Waals surface area contributed by atoms with Gasteiger partial charge in [0.05, 0.1) is 0 Å². The van der Waals surface area contributed by atoms with Crippen LogP contribution in [0.15, 0.2) is 12.7 Å².